The minimum Gasteiger partial charge on any atom is -0.366 e. The molecule has 5 rings (SSSR count). The molecule has 3 N–H and O–H groups in total. The summed E-state index contributed by atoms with van der Waals surface area (Å²) in [4.78, 5) is 21.9. The summed E-state index contributed by atoms with van der Waals surface area (Å²) >= 11 is 0. The van der Waals surface area contributed by atoms with E-state index in [9.17, 15) is 18.0 Å². The normalized spacial score (nSPS) is 16.9. The van der Waals surface area contributed by atoms with E-state index in [2.05, 4.69) is 10.2 Å². The number of alkyl halides is 3. The Morgan fingerprint density at radius 3 is 2.60 bits per heavy atom. The number of aromatic nitrogens is 1. The van der Waals surface area contributed by atoms with Gasteiger partial charge in [0.15, 0.2) is 5.82 Å². The van der Waals surface area contributed by atoms with Crippen molar-refractivity contribution in [2.24, 2.45) is 5.73 Å². The number of hydrogen-bond acceptors (Lipinski definition) is 4. The molecule has 2 bridgehead atoms. The number of piperidine rings is 1. The van der Waals surface area contributed by atoms with Crippen molar-refractivity contribution in [2.45, 2.75) is 31.6 Å². The molecule has 1 atom stereocenters. The van der Waals surface area contributed by atoms with E-state index < -0.39 is 11.7 Å². The third-order valence-electron chi connectivity index (χ3n) is 6.33. The fourth-order valence-corrected chi connectivity index (χ4v) is 4.61. The van der Waals surface area contributed by atoms with Gasteiger partial charge in [-0.05, 0) is 54.8 Å². The Labute approximate surface area is 207 Å². The number of nitrogens with zero attached hydrogens (tertiary/aromatic N) is 3. The molecule has 1 aromatic heterocycles. The van der Waals surface area contributed by atoms with Crippen LogP contribution in [0.1, 0.15) is 24.0 Å². The highest BCUT2D eigenvalue weighted by Gasteiger charge is 2.38. The van der Waals surface area contributed by atoms with Crippen LogP contribution < -0.4 is 20.9 Å². The zero-order valence-electron chi connectivity index (χ0n) is 18.8. The van der Waals surface area contributed by atoms with E-state index in [1.165, 1.54) is 6.07 Å². The number of amides is 2. The Kier molecular flexibility index (Phi) is 6.91. The van der Waals surface area contributed by atoms with Crippen LogP contribution in [-0.4, -0.2) is 30.1 Å². The summed E-state index contributed by atoms with van der Waals surface area (Å²) in [7, 11) is 0. The largest absolute Gasteiger partial charge is 0.416 e. The number of fused-ring (bicyclic) bond motifs is 4. The summed E-state index contributed by atoms with van der Waals surface area (Å²) in [6.07, 6.45) is -2.68. The Balaban J connectivity index is 0.00000289. The fourth-order valence-electron chi connectivity index (χ4n) is 4.61. The van der Waals surface area contributed by atoms with E-state index in [1.807, 2.05) is 18.2 Å². The molecule has 3 heterocycles. The van der Waals surface area contributed by atoms with Crippen LogP contribution in [-0.2, 0) is 12.7 Å². The first-order valence-corrected chi connectivity index (χ1v) is 11.2. The molecule has 184 valence electrons. The molecule has 0 aliphatic carbocycles. The van der Waals surface area contributed by atoms with Gasteiger partial charge in [-0.3, -0.25) is 4.90 Å². The van der Waals surface area contributed by atoms with Crippen LogP contribution in [0.25, 0.3) is 11.3 Å². The lowest BCUT2D eigenvalue weighted by molar-refractivity contribution is -0.137. The maximum Gasteiger partial charge on any atom is 0.416 e. The third-order valence-corrected chi connectivity index (χ3v) is 6.33. The number of urea groups is 1. The van der Waals surface area contributed by atoms with Gasteiger partial charge in [-0.15, -0.1) is 12.4 Å². The van der Waals surface area contributed by atoms with E-state index in [0.717, 1.165) is 42.8 Å². The highest BCUT2D eigenvalue weighted by molar-refractivity contribution is 6.04. The van der Waals surface area contributed by atoms with Gasteiger partial charge in [0.2, 0.25) is 0 Å². The van der Waals surface area contributed by atoms with E-state index in [4.69, 9.17) is 10.7 Å². The molecule has 0 saturated carbocycles. The number of carbonyl (C=O) groups excluding carboxylic acids is 1. The van der Waals surface area contributed by atoms with E-state index in [0.29, 0.717) is 35.9 Å². The number of pyridine rings is 1. The molecule has 3 aromatic rings. The molecular formula is C25H25ClF3N5O. The number of carbonyl (C=O) groups is 1. The van der Waals surface area contributed by atoms with Gasteiger partial charge in [0.1, 0.15) is 0 Å². The summed E-state index contributed by atoms with van der Waals surface area (Å²) in [5.41, 5.74) is 8.05. The molecule has 0 radical (unpaired) electrons. The van der Waals surface area contributed by atoms with E-state index >= 15 is 0 Å². The van der Waals surface area contributed by atoms with Gasteiger partial charge >= 0.3 is 12.2 Å². The predicted molar refractivity (Wildman–Crippen MR) is 133 cm³/mol. The van der Waals surface area contributed by atoms with Crippen molar-refractivity contribution < 1.29 is 18.0 Å². The third kappa shape index (κ3) is 4.92. The molecule has 1 saturated heterocycles. The zero-order valence-corrected chi connectivity index (χ0v) is 19.6. The minimum atomic E-state index is -4.45. The number of rotatable bonds is 3. The van der Waals surface area contributed by atoms with Gasteiger partial charge in [-0.2, -0.15) is 13.2 Å². The molecule has 2 aliphatic rings. The van der Waals surface area contributed by atoms with Crippen molar-refractivity contribution in [3.05, 3.63) is 71.8 Å². The Hall–Kier alpha value is -3.30. The summed E-state index contributed by atoms with van der Waals surface area (Å²) in [5, 5.41) is 2.93. The molecule has 2 aliphatic heterocycles. The number of benzene rings is 2. The first kappa shape index (κ1) is 24.8. The molecule has 6 nitrogen and oxygen atoms in total. The second-order valence-corrected chi connectivity index (χ2v) is 8.56. The lowest BCUT2D eigenvalue weighted by atomic mass is 9.99. The number of nitrogens with one attached hydrogen (secondary N) is 1. The van der Waals surface area contributed by atoms with Crippen LogP contribution in [0, 0.1) is 0 Å². The lowest BCUT2D eigenvalue weighted by Crippen LogP contribution is -2.56. The average molecular weight is 504 g/mol. The minimum absolute atomic E-state index is 0. The highest BCUT2D eigenvalue weighted by Crippen LogP contribution is 2.40. The monoisotopic (exact) mass is 503 g/mol. The van der Waals surface area contributed by atoms with Crippen LogP contribution >= 0.6 is 12.4 Å². The highest BCUT2D eigenvalue weighted by atomic mass is 35.5. The van der Waals surface area contributed by atoms with Gasteiger partial charge in [-0.25, -0.2) is 9.78 Å². The van der Waals surface area contributed by atoms with E-state index in [1.54, 1.807) is 29.2 Å². The molecule has 2 aromatic carbocycles. The second-order valence-electron chi connectivity index (χ2n) is 8.56. The van der Waals surface area contributed by atoms with Crippen LogP contribution in [0.15, 0.2) is 60.7 Å². The van der Waals surface area contributed by atoms with Crippen molar-refractivity contribution in [1.29, 1.82) is 0 Å². The molecule has 1 fully saturated rings. The Morgan fingerprint density at radius 2 is 1.89 bits per heavy atom. The predicted octanol–water partition coefficient (Wildman–Crippen LogP) is 5.67. The van der Waals surface area contributed by atoms with Crippen molar-refractivity contribution >= 4 is 35.6 Å². The van der Waals surface area contributed by atoms with Gasteiger partial charge in [0.25, 0.3) is 0 Å². The Bertz CT molecular complexity index is 1220. The number of anilines is 3. The topological polar surface area (TPSA) is 74.5 Å². The van der Waals surface area contributed by atoms with Gasteiger partial charge < -0.3 is 16.0 Å². The average Bonchev–Trinajstić information content (AvgIpc) is 2.84. The first-order valence-electron chi connectivity index (χ1n) is 11.2. The standard InChI is InChI=1S/C25H24F3N5O.ClH/c26-25(27,28)18-4-1-3-17(13-18)21-10-11-22-23(31-21)33(20-5-2-12-32(22)15-20)24(34)30-19-8-6-16(14-29)7-9-19;/h1,3-4,6-11,13,20H,2,5,12,14-15,29H2,(H,30,34);1H. The molecule has 10 heteroatoms. The van der Waals surface area contributed by atoms with Gasteiger partial charge in [0, 0.05) is 30.9 Å². The van der Waals surface area contributed by atoms with Crippen molar-refractivity contribution in [1.82, 2.24) is 4.98 Å². The SMILES string of the molecule is Cl.NCc1ccc(NC(=O)N2c3nc(-c4cccc(C(F)(F)F)c4)ccc3N3CCCC2C3)cc1. The number of hydrogen-bond donors (Lipinski definition) is 2. The Morgan fingerprint density at radius 1 is 1.11 bits per heavy atom. The summed E-state index contributed by atoms with van der Waals surface area (Å²) < 4.78 is 39.7. The summed E-state index contributed by atoms with van der Waals surface area (Å²) in [6.45, 7) is 1.95. The summed E-state index contributed by atoms with van der Waals surface area (Å²) in [5.74, 6) is 0.460. The maximum atomic E-state index is 13.4. The van der Waals surface area contributed by atoms with Crippen LogP contribution in [0.4, 0.5) is 35.2 Å². The zero-order chi connectivity index (χ0) is 23.9. The first-order chi connectivity index (χ1) is 16.3. The van der Waals surface area contributed by atoms with Crippen LogP contribution in [0.5, 0.6) is 0 Å². The van der Waals surface area contributed by atoms with Gasteiger partial charge in [-0.1, -0.05) is 24.3 Å². The molecule has 0 spiro atoms. The molecule has 1 unspecified atom stereocenters. The number of nitrogens with two attached hydrogens (primary N) is 1. The van der Waals surface area contributed by atoms with Crippen LogP contribution in [0.3, 0.4) is 0 Å². The summed E-state index contributed by atoms with van der Waals surface area (Å²) in [6, 6.07) is 15.5. The van der Waals surface area contributed by atoms with Crippen molar-refractivity contribution in [3.8, 4) is 11.3 Å². The second kappa shape index (κ2) is 9.75. The van der Waals surface area contributed by atoms with E-state index in [-0.39, 0.29) is 24.5 Å². The molecular weight excluding hydrogens is 479 g/mol. The molecule has 2 amide bonds. The quantitative estimate of drug-likeness (QED) is 0.483. The van der Waals surface area contributed by atoms with Crippen molar-refractivity contribution in [2.75, 3.05) is 28.2 Å². The molecule has 35 heavy (non-hydrogen) atoms. The van der Waals surface area contributed by atoms with Crippen LogP contribution in [0.2, 0.25) is 0 Å². The fraction of sp³-hybridized carbons (Fsp3) is 0.280. The maximum absolute atomic E-state index is 13.4. The smallest absolute Gasteiger partial charge is 0.366 e. The lowest BCUT2D eigenvalue weighted by Gasteiger charge is -2.45. The van der Waals surface area contributed by atoms with Crippen molar-refractivity contribution in [3.63, 3.8) is 0 Å². The van der Waals surface area contributed by atoms with Gasteiger partial charge in [0.05, 0.1) is 23.0 Å². The number of halogens is 4.